The molecule has 0 bridgehead atoms. The Labute approximate surface area is 163 Å². The topological polar surface area (TPSA) is 50.7 Å². The standard InChI is InChI=1S/C19H25BrN4O2/c1-23(19-21-11-15(20)12-22-19)16-4-6-24(7-5-16)13-14-8-17(25-2)10-18(9-14)26-3/h8-12,16H,4-7,13H2,1-3H3. The van der Waals surface area contributed by atoms with Crippen molar-refractivity contribution in [2.45, 2.75) is 25.4 Å². The van der Waals surface area contributed by atoms with Gasteiger partial charge in [-0.15, -0.1) is 0 Å². The van der Waals surface area contributed by atoms with Gasteiger partial charge < -0.3 is 14.4 Å². The summed E-state index contributed by atoms with van der Waals surface area (Å²) in [6, 6.07) is 6.53. The lowest BCUT2D eigenvalue weighted by Crippen LogP contribution is -2.43. The number of methoxy groups -OCH3 is 2. The highest BCUT2D eigenvalue weighted by atomic mass is 79.9. The Morgan fingerprint density at radius 2 is 1.65 bits per heavy atom. The molecule has 0 saturated carbocycles. The maximum Gasteiger partial charge on any atom is 0.225 e. The van der Waals surface area contributed by atoms with Gasteiger partial charge in [-0.1, -0.05) is 0 Å². The first-order chi connectivity index (χ1) is 12.6. The molecule has 6 nitrogen and oxygen atoms in total. The second-order valence-corrected chi connectivity index (χ2v) is 7.46. The van der Waals surface area contributed by atoms with Crippen molar-refractivity contribution in [1.29, 1.82) is 0 Å². The van der Waals surface area contributed by atoms with Crippen molar-refractivity contribution < 1.29 is 9.47 Å². The monoisotopic (exact) mass is 420 g/mol. The molecule has 1 aliphatic rings. The van der Waals surface area contributed by atoms with E-state index < -0.39 is 0 Å². The van der Waals surface area contributed by atoms with E-state index in [1.807, 2.05) is 6.07 Å². The minimum Gasteiger partial charge on any atom is -0.497 e. The van der Waals surface area contributed by atoms with Crippen LogP contribution in [0.2, 0.25) is 0 Å². The fraction of sp³-hybridized carbons (Fsp3) is 0.474. The van der Waals surface area contributed by atoms with Crippen LogP contribution in [0.4, 0.5) is 5.95 Å². The third-order valence-electron chi connectivity index (χ3n) is 4.84. The van der Waals surface area contributed by atoms with Crippen LogP contribution in [0, 0.1) is 0 Å². The number of piperidine rings is 1. The van der Waals surface area contributed by atoms with E-state index in [0.717, 1.165) is 54.4 Å². The minimum atomic E-state index is 0.465. The Bertz CT molecular complexity index is 696. The third kappa shape index (κ3) is 4.65. The Hall–Kier alpha value is -1.86. The number of halogens is 1. The van der Waals surface area contributed by atoms with Crippen LogP contribution in [-0.2, 0) is 6.54 Å². The van der Waals surface area contributed by atoms with Crippen molar-refractivity contribution in [2.75, 3.05) is 39.3 Å². The van der Waals surface area contributed by atoms with Crippen LogP contribution in [0.15, 0.2) is 35.1 Å². The number of nitrogens with zero attached hydrogens (tertiary/aromatic N) is 4. The molecule has 3 rings (SSSR count). The van der Waals surface area contributed by atoms with Crippen molar-refractivity contribution in [3.63, 3.8) is 0 Å². The molecule has 2 heterocycles. The molecule has 0 amide bonds. The Morgan fingerprint density at radius 3 is 2.19 bits per heavy atom. The fourth-order valence-electron chi connectivity index (χ4n) is 3.33. The molecule has 0 N–H and O–H groups in total. The summed E-state index contributed by atoms with van der Waals surface area (Å²) in [5.41, 5.74) is 1.21. The van der Waals surface area contributed by atoms with Crippen LogP contribution in [0.3, 0.4) is 0 Å². The minimum absolute atomic E-state index is 0.465. The first kappa shape index (κ1) is 18.9. The molecular formula is C19H25BrN4O2. The molecule has 0 radical (unpaired) electrons. The summed E-state index contributed by atoms with van der Waals surface area (Å²) in [7, 11) is 5.45. The molecule has 26 heavy (non-hydrogen) atoms. The van der Waals surface area contributed by atoms with Gasteiger partial charge in [-0.2, -0.15) is 0 Å². The van der Waals surface area contributed by atoms with E-state index in [9.17, 15) is 0 Å². The Morgan fingerprint density at radius 1 is 1.08 bits per heavy atom. The molecule has 1 fully saturated rings. The van der Waals surface area contributed by atoms with Crippen LogP contribution < -0.4 is 14.4 Å². The highest BCUT2D eigenvalue weighted by molar-refractivity contribution is 9.10. The zero-order chi connectivity index (χ0) is 18.5. The van der Waals surface area contributed by atoms with Gasteiger partial charge in [0.25, 0.3) is 0 Å². The summed E-state index contributed by atoms with van der Waals surface area (Å²) < 4.78 is 11.6. The molecule has 1 saturated heterocycles. The zero-order valence-electron chi connectivity index (χ0n) is 15.5. The number of likely N-dealkylation sites (tertiary alicyclic amines) is 1. The number of hydrogen-bond acceptors (Lipinski definition) is 6. The van der Waals surface area contributed by atoms with E-state index in [1.54, 1.807) is 26.6 Å². The quantitative estimate of drug-likeness (QED) is 0.713. The van der Waals surface area contributed by atoms with Crippen molar-refractivity contribution >= 4 is 21.9 Å². The summed E-state index contributed by atoms with van der Waals surface area (Å²) in [4.78, 5) is 13.5. The third-order valence-corrected chi connectivity index (χ3v) is 5.25. The van der Waals surface area contributed by atoms with Crippen LogP contribution in [0.1, 0.15) is 18.4 Å². The Kier molecular flexibility index (Phi) is 6.32. The first-order valence-electron chi connectivity index (χ1n) is 8.73. The van der Waals surface area contributed by atoms with Crippen LogP contribution >= 0.6 is 15.9 Å². The van der Waals surface area contributed by atoms with Crippen LogP contribution in [0.25, 0.3) is 0 Å². The van der Waals surface area contributed by atoms with Gasteiger partial charge in [0.1, 0.15) is 11.5 Å². The smallest absolute Gasteiger partial charge is 0.225 e. The SMILES string of the molecule is COc1cc(CN2CCC(N(C)c3ncc(Br)cn3)CC2)cc(OC)c1. The van der Waals surface area contributed by atoms with Gasteiger partial charge in [-0.25, -0.2) is 9.97 Å². The van der Waals surface area contributed by atoms with E-state index >= 15 is 0 Å². The van der Waals surface area contributed by atoms with Gasteiger partial charge in [0.15, 0.2) is 0 Å². The Balaban J connectivity index is 1.57. The molecule has 0 spiro atoms. The van der Waals surface area contributed by atoms with Crippen LogP contribution in [0.5, 0.6) is 11.5 Å². The molecule has 2 aromatic rings. The lowest BCUT2D eigenvalue weighted by molar-refractivity contribution is 0.202. The molecule has 0 atom stereocenters. The lowest BCUT2D eigenvalue weighted by Gasteiger charge is -2.36. The average molecular weight is 421 g/mol. The predicted molar refractivity (Wildman–Crippen MR) is 106 cm³/mol. The van der Waals surface area contributed by atoms with E-state index in [-0.39, 0.29) is 0 Å². The van der Waals surface area contributed by atoms with Crippen molar-refractivity contribution in [2.24, 2.45) is 0 Å². The molecule has 0 unspecified atom stereocenters. The zero-order valence-corrected chi connectivity index (χ0v) is 17.1. The molecule has 1 aliphatic heterocycles. The number of aromatic nitrogens is 2. The normalized spacial score (nSPS) is 15.7. The maximum atomic E-state index is 5.37. The van der Waals surface area contributed by atoms with E-state index in [2.05, 4.69) is 54.9 Å². The van der Waals surface area contributed by atoms with Gasteiger partial charge in [0.2, 0.25) is 5.95 Å². The van der Waals surface area contributed by atoms with Gasteiger partial charge in [0, 0.05) is 51.2 Å². The second kappa shape index (κ2) is 8.68. The maximum absolute atomic E-state index is 5.37. The van der Waals surface area contributed by atoms with E-state index in [0.29, 0.717) is 6.04 Å². The largest absolute Gasteiger partial charge is 0.497 e. The van der Waals surface area contributed by atoms with Gasteiger partial charge >= 0.3 is 0 Å². The molecule has 7 heteroatoms. The number of hydrogen-bond donors (Lipinski definition) is 0. The molecule has 140 valence electrons. The number of anilines is 1. The number of ether oxygens (including phenoxy) is 2. The summed E-state index contributed by atoms with van der Waals surface area (Å²) in [6.07, 6.45) is 5.78. The summed E-state index contributed by atoms with van der Waals surface area (Å²) in [5, 5.41) is 0. The molecule has 1 aromatic heterocycles. The first-order valence-corrected chi connectivity index (χ1v) is 9.53. The fourth-order valence-corrected chi connectivity index (χ4v) is 3.54. The second-order valence-electron chi connectivity index (χ2n) is 6.54. The predicted octanol–water partition coefficient (Wildman–Crippen LogP) is 3.36. The van der Waals surface area contributed by atoms with Crippen molar-refractivity contribution in [1.82, 2.24) is 14.9 Å². The number of rotatable bonds is 6. The molecular weight excluding hydrogens is 396 g/mol. The van der Waals surface area contributed by atoms with Gasteiger partial charge in [-0.3, -0.25) is 4.90 Å². The number of benzene rings is 1. The summed E-state index contributed by atoms with van der Waals surface area (Å²) >= 11 is 3.38. The lowest BCUT2D eigenvalue weighted by atomic mass is 10.0. The van der Waals surface area contributed by atoms with Crippen LogP contribution in [-0.4, -0.2) is 55.3 Å². The molecule has 0 aliphatic carbocycles. The van der Waals surface area contributed by atoms with Crippen molar-refractivity contribution in [3.05, 3.63) is 40.6 Å². The highest BCUT2D eigenvalue weighted by Crippen LogP contribution is 2.25. The highest BCUT2D eigenvalue weighted by Gasteiger charge is 2.24. The van der Waals surface area contributed by atoms with E-state index in [4.69, 9.17) is 9.47 Å². The average Bonchev–Trinajstić information content (AvgIpc) is 2.68. The van der Waals surface area contributed by atoms with E-state index in [1.165, 1.54) is 5.56 Å². The van der Waals surface area contributed by atoms with Gasteiger partial charge in [0.05, 0.1) is 18.7 Å². The summed E-state index contributed by atoms with van der Waals surface area (Å²) in [5.74, 6) is 2.45. The van der Waals surface area contributed by atoms with Crippen molar-refractivity contribution in [3.8, 4) is 11.5 Å². The molecule has 1 aromatic carbocycles. The van der Waals surface area contributed by atoms with Gasteiger partial charge in [-0.05, 0) is 46.5 Å². The summed E-state index contributed by atoms with van der Waals surface area (Å²) in [6.45, 7) is 2.99.